The van der Waals surface area contributed by atoms with Gasteiger partial charge in [0.2, 0.25) is 0 Å². The van der Waals surface area contributed by atoms with Crippen LogP contribution in [0.3, 0.4) is 0 Å². The number of nitrogens with zero attached hydrogens (tertiary/aromatic N) is 2. The van der Waals surface area contributed by atoms with Gasteiger partial charge < -0.3 is 10.1 Å². The van der Waals surface area contributed by atoms with Crippen LogP contribution in [0.5, 0.6) is 0 Å². The van der Waals surface area contributed by atoms with Crippen molar-refractivity contribution in [2.45, 2.75) is 19.4 Å². The van der Waals surface area contributed by atoms with Gasteiger partial charge in [0, 0.05) is 20.3 Å². The molecule has 5 heteroatoms. The minimum Gasteiger partial charge on any atom is -0.382 e. The summed E-state index contributed by atoms with van der Waals surface area (Å²) < 4.78 is 7.13. The summed E-state index contributed by atoms with van der Waals surface area (Å²) >= 11 is 6.07. The number of aryl methyl sites for hydroxylation is 1. The topological polar surface area (TPSA) is 39.1 Å². The van der Waals surface area contributed by atoms with Gasteiger partial charge in [0.1, 0.15) is 0 Å². The predicted molar refractivity (Wildman–Crippen MR) is 61.1 cm³/mol. The molecular weight excluding hydrogens is 214 g/mol. The van der Waals surface area contributed by atoms with Crippen LogP contribution in [0, 0.1) is 0 Å². The third-order valence-electron chi connectivity index (χ3n) is 2.37. The summed E-state index contributed by atoms with van der Waals surface area (Å²) in [4.78, 5) is 0. The third-order valence-corrected chi connectivity index (χ3v) is 2.66. The van der Waals surface area contributed by atoms with Crippen molar-refractivity contribution in [2.24, 2.45) is 7.05 Å². The molecular formula is C10H18ClN3O. The van der Waals surface area contributed by atoms with E-state index in [0.29, 0.717) is 5.02 Å². The molecule has 1 unspecified atom stereocenters. The van der Waals surface area contributed by atoms with Crippen LogP contribution in [0.15, 0.2) is 6.20 Å². The summed E-state index contributed by atoms with van der Waals surface area (Å²) in [5.41, 5.74) is 1.01. The van der Waals surface area contributed by atoms with Crippen LogP contribution in [0.2, 0.25) is 5.02 Å². The lowest BCUT2D eigenvalue weighted by molar-refractivity contribution is 0.136. The van der Waals surface area contributed by atoms with E-state index in [1.807, 2.05) is 21.0 Å². The number of rotatable bonds is 6. The Bertz CT molecular complexity index is 281. The average molecular weight is 232 g/mol. The lowest BCUT2D eigenvalue weighted by atomic mass is 10.1. The van der Waals surface area contributed by atoms with Crippen LogP contribution in [0.4, 0.5) is 0 Å². The molecule has 0 amide bonds. The molecule has 0 aliphatic carbocycles. The second-order valence-corrected chi connectivity index (χ2v) is 3.74. The molecule has 0 spiro atoms. The molecule has 1 atom stereocenters. The summed E-state index contributed by atoms with van der Waals surface area (Å²) in [6.07, 6.45) is 2.56. The summed E-state index contributed by atoms with van der Waals surface area (Å²) in [5, 5.41) is 8.04. The molecule has 0 saturated carbocycles. The number of hydrogen-bond donors (Lipinski definition) is 1. The van der Waals surface area contributed by atoms with Gasteiger partial charge in [-0.15, -0.1) is 0 Å². The first-order valence-electron chi connectivity index (χ1n) is 5.13. The van der Waals surface area contributed by atoms with E-state index >= 15 is 0 Å². The number of ether oxygens (including phenoxy) is 1. The lowest BCUT2D eigenvalue weighted by Gasteiger charge is -2.16. The highest BCUT2D eigenvalue weighted by Crippen LogP contribution is 2.23. The summed E-state index contributed by atoms with van der Waals surface area (Å²) in [6.45, 7) is 3.46. The number of nitrogens with one attached hydrogen (secondary N) is 1. The van der Waals surface area contributed by atoms with Crippen LogP contribution < -0.4 is 5.32 Å². The molecule has 1 heterocycles. The fraction of sp³-hybridized carbons (Fsp3) is 0.700. The third kappa shape index (κ3) is 3.19. The van der Waals surface area contributed by atoms with Crippen LogP contribution in [-0.2, 0) is 11.8 Å². The summed E-state index contributed by atoms with van der Waals surface area (Å²) in [6, 6.07) is 0.191. The van der Waals surface area contributed by atoms with Crippen LogP contribution >= 0.6 is 11.6 Å². The van der Waals surface area contributed by atoms with E-state index in [9.17, 15) is 0 Å². The maximum atomic E-state index is 6.07. The maximum Gasteiger partial charge on any atom is 0.0834 e. The number of aromatic nitrogens is 2. The quantitative estimate of drug-likeness (QED) is 0.759. The highest BCUT2D eigenvalue weighted by molar-refractivity contribution is 6.31. The van der Waals surface area contributed by atoms with Crippen molar-refractivity contribution >= 4 is 11.6 Å². The molecule has 0 aliphatic rings. The second-order valence-electron chi connectivity index (χ2n) is 3.33. The van der Waals surface area contributed by atoms with Gasteiger partial charge in [0.05, 0.1) is 23.0 Å². The summed E-state index contributed by atoms with van der Waals surface area (Å²) in [5.74, 6) is 0. The van der Waals surface area contributed by atoms with E-state index in [4.69, 9.17) is 16.3 Å². The van der Waals surface area contributed by atoms with E-state index in [2.05, 4.69) is 10.4 Å². The Morgan fingerprint density at radius 2 is 2.40 bits per heavy atom. The Morgan fingerprint density at radius 3 is 2.87 bits per heavy atom. The van der Waals surface area contributed by atoms with Crippen molar-refractivity contribution in [2.75, 3.05) is 20.3 Å². The van der Waals surface area contributed by atoms with Crippen molar-refractivity contribution in [3.63, 3.8) is 0 Å². The Kier molecular flexibility index (Phi) is 5.08. The van der Waals surface area contributed by atoms with Crippen molar-refractivity contribution in [3.05, 3.63) is 16.9 Å². The SMILES string of the molecule is CCOCCC(NC)c1c(Cl)cnn1C. The monoisotopic (exact) mass is 231 g/mol. The largest absolute Gasteiger partial charge is 0.382 e. The first-order chi connectivity index (χ1) is 7.20. The van der Waals surface area contributed by atoms with Gasteiger partial charge in [-0.05, 0) is 20.4 Å². The Morgan fingerprint density at radius 1 is 1.67 bits per heavy atom. The molecule has 15 heavy (non-hydrogen) atoms. The fourth-order valence-corrected chi connectivity index (χ4v) is 1.87. The van der Waals surface area contributed by atoms with Crippen molar-refractivity contribution in [3.8, 4) is 0 Å². The van der Waals surface area contributed by atoms with Gasteiger partial charge in [-0.25, -0.2) is 0 Å². The molecule has 1 N–H and O–H groups in total. The van der Waals surface area contributed by atoms with E-state index in [1.165, 1.54) is 0 Å². The molecule has 4 nitrogen and oxygen atoms in total. The van der Waals surface area contributed by atoms with Crippen LogP contribution in [0.1, 0.15) is 25.1 Å². The maximum absolute atomic E-state index is 6.07. The van der Waals surface area contributed by atoms with Crippen molar-refractivity contribution in [1.82, 2.24) is 15.1 Å². The van der Waals surface area contributed by atoms with Crippen molar-refractivity contribution in [1.29, 1.82) is 0 Å². The number of halogens is 1. The van der Waals surface area contributed by atoms with Crippen LogP contribution in [-0.4, -0.2) is 30.0 Å². The second kappa shape index (κ2) is 6.10. The van der Waals surface area contributed by atoms with E-state index in [0.717, 1.165) is 25.3 Å². The molecule has 1 rings (SSSR count). The normalized spacial score (nSPS) is 13.1. The van der Waals surface area contributed by atoms with Crippen LogP contribution in [0.25, 0.3) is 0 Å². The zero-order chi connectivity index (χ0) is 11.3. The van der Waals surface area contributed by atoms with Gasteiger partial charge in [-0.3, -0.25) is 4.68 Å². The minimum atomic E-state index is 0.191. The fourth-order valence-electron chi connectivity index (χ4n) is 1.58. The molecule has 86 valence electrons. The zero-order valence-corrected chi connectivity index (χ0v) is 10.2. The number of hydrogen-bond acceptors (Lipinski definition) is 3. The first-order valence-corrected chi connectivity index (χ1v) is 5.50. The Labute approximate surface area is 95.6 Å². The van der Waals surface area contributed by atoms with E-state index in [-0.39, 0.29) is 6.04 Å². The molecule has 0 fully saturated rings. The van der Waals surface area contributed by atoms with Gasteiger partial charge in [0.25, 0.3) is 0 Å². The molecule has 0 radical (unpaired) electrons. The van der Waals surface area contributed by atoms with Gasteiger partial charge in [-0.2, -0.15) is 5.10 Å². The first kappa shape index (κ1) is 12.5. The average Bonchev–Trinajstić information content (AvgIpc) is 2.55. The van der Waals surface area contributed by atoms with E-state index in [1.54, 1.807) is 10.9 Å². The van der Waals surface area contributed by atoms with Crippen molar-refractivity contribution < 1.29 is 4.74 Å². The zero-order valence-electron chi connectivity index (χ0n) is 9.46. The minimum absolute atomic E-state index is 0.191. The lowest BCUT2D eigenvalue weighted by Crippen LogP contribution is -2.21. The van der Waals surface area contributed by atoms with E-state index < -0.39 is 0 Å². The molecule has 0 bridgehead atoms. The molecule has 1 aromatic rings. The molecule has 0 aromatic carbocycles. The highest BCUT2D eigenvalue weighted by atomic mass is 35.5. The smallest absolute Gasteiger partial charge is 0.0834 e. The molecule has 1 aromatic heterocycles. The Hall–Kier alpha value is -0.580. The Balaban J connectivity index is 2.65. The molecule has 0 aliphatic heterocycles. The van der Waals surface area contributed by atoms with Gasteiger partial charge in [0.15, 0.2) is 0 Å². The van der Waals surface area contributed by atoms with Gasteiger partial charge in [-0.1, -0.05) is 11.6 Å². The molecule has 0 saturated heterocycles. The highest BCUT2D eigenvalue weighted by Gasteiger charge is 2.16. The standard InChI is InChI=1S/C10H18ClN3O/c1-4-15-6-5-9(12-2)10-8(11)7-13-14(10)3/h7,9,12H,4-6H2,1-3H3. The predicted octanol–water partition coefficient (Wildman–Crippen LogP) is 1.76. The van der Waals surface area contributed by atoms with Gasteiger partial charge >= 0.3 is 0 Å². The summed E-state index contributed by atoms with van der Waals surface area (Å²) in [7, 11) is 3.81.